The van der Waals surface area contributed by atoms with E-state index in [4.69, 9.17) is 0 Å². The van der Waals surface area contributed by atoms with E-state index in [2.05, 4.69) is 25.5 Å². The highest BCUT2D eigenvalue weighted by Crippen LogP contribution is 2.29. The van der Waals surface area contributed by atoms with Crippen LogP contribution in [0.25, 0.3) is 0 Å². The summed E-state index contributed by atoms with van der Waals surface area (Å²) in [5.41, 5.74) is 0.277. The van der Waals surface area contributed by atoms with Crippen LogP contribution in [0.3, 0.4) is 0 Å². The number of hydrogen-bond donors (Lipinski definition) is 2. The van der Waals surface area contributed by atoms with E-state index < -0.39 is 11.7 Å². The van der Waals surface area contributed by atoms with E-state index in [0.29, 0.717) is 6.54 Å². The van der Waals surface area contributed by atoms with Crippen molar-refractivity contribution < 1.29 is 13.2 Å². The van der Waals surface area contributed by atoms with E-state index >= 15 is 0 Å². The Bertz CT molecular complexity index is 761. The number of hydrogen-bond acceptors (Lipinski definition) is 3. The molecule has 1 fully saturated rings. The Kier molecular flexibility index (Phi) is 8.75. The number of halogens is 4. The van der Waals surface area contributed by atoms with Crippen LogP contribution in [0.1, 0.15) is 17.5 Å². The first-order valence-electron chi connectivity index (χ1n) is 9.25. The van der Waals surface area contributed by atoms with Gasteiger partial charge in [0.25, 0.3) is 0 Å². The van der Waals surface area contributed by atoms with Crippen LogP contribution in [0, 0.1) is 0 Å². The average Bonchev–Trinajstić information content (AvgIpc) is 3.33. The molecule has 10 heteroatoms. The maximum absolute atomic E-state index is 12.7. The Hall–Kier alpha value is -1.82. The van der Waals surface area contributed by atoms with Crippen LogP contribution in [-0.4, -0.2) is 53.1 Å². The van der Waals surface area contributed by atoms with Gasteiger partial charge in [-0.1, -0.05) is 12.1 Å². The van der Waals surface area contributed by atoms with E-state index in [1.807, 2.05) is 10.8 Å². The number of aromatic nitrogens is 2. The normalized spacial score (nSPS) is 17.8. The zero-order valence-corrected chi connectivity index (χ0v) is 18.5. The lowest BCUT2D eigenvalue weighted by molar-refractivity contribution is -0.137. The molecule has 3 rings (SSSR count). The Morgan fingerprint density at radius 1 is 1.28 bits per heavy atom. The topological polar surface area (TPSA) is 57.5 Å². The largest absolute Gasteiger partial charge is 0.416 e. The van der Waals surface area contributed by atoms with Gasteiger partial charge in [-0.2, -0.15) is 13.2 Å². The fourth-order valence-corrected chi connectivity index (χ4v) is 3.26. The van der Waals surface area contributed by atoms with Crippen molar-refractivity contribution in [1.82, 2.24) is 25.1 Å². The standard InChI is InChI=1S/C19H25F3N6.HI/c1-23-18(25-8-11-27-10-7-24-14-27)26-17-6-9-28(13-17)12-15-2-4-16(5-3-15)19(20,21)22;/h2-5,7,10,14,17H,6,8-9,11-13H2,1H3,(H2,23,25,26);1H. The second-order valence-corrected chi connectivity index (χ2v) is 6.86. The minimum atomic E-state index is -4.29. The number of likely N-dealkylation sites (tertiary alicyclic amines) is 1. The lowest BCUT2D eigenvalue weighted by Crippen LogP contribution is -2.45. The van der Waals surface area contributed by atoms with Gasteiger partial charge in [0.15, 0.2) is 5.96 Å². The van der Waals surface area contributed by atoms with Gasteiger partial charge in [-0.15, -0.1) is 24.0 Å². The highest BCUT2D eigenvalue weighted by Gasteiger charge is 2.30. The molecule has 0 aliphatic carbocycles. The summed E-state index contributed by atoms with van der Waals surface area (Å²) in [7, 11) is 1.74. The third-order valence-corrected chi connectivity index (χ3v) is 4.75. The van der Waals surface area contributed by atoms with E-state index in [1.165, 1.54) is 0 Å². The first kappa shape index (κ1) is 23.5. The van der Waals surface area contributed by atoms with Crippen LogP contribution in [-0.2, 0) is 19.3 Å². The molecule has 2 heterocycles. The molecule has 0 saturated carbocycles. The van der Waals surface area contributed by atoms with Crippen LogP contribution in [0.15, 0.2) is 48.0 Å². The molecule has 1 aliphatic heterocycles. The summed E-state index contributed by atoms with van der Waals surface area (Å²) in [4.78, 5) is 10.5. The monoisotopic (exact) mass is 522 g/mol. The first-order chi connectivity index (χ1) is 13.4. The number of rotatable bonds is 6. The molecule has 1 aliphatic rings. The highest BCUT2D eigenvalue weighted by atomic mass is 127. The Morgan fingerprint density at radius 3 is 2.66 bits per heavy atom. The SMILES string of the molecule is CN=C(NCCn1ccnc1)NC1CCN(Cc2ccc(C(F)(F)F)cc2)C1.I. The van der Waals surface area contributed by atoms with E-state index in [0.717, 1.165) is 56.3 Å². The number of benzene rings is 1. The molecule has 160 valence electrons. The van der Waals surface area contributed by atoms with Crippen molar-refractivity contribution in [1.29, 1.82) is 0 Å². The third kappa shape index (κ3) is 7.18. The summed E-state index contributed by atoms with van der Waals surface area (Å²) in [6, 6.07) is 5.66. The average molecular weight is 522 g/mol. The fourth-order valence-electron chi connectivity index (χ4n) is 3.26. The van der Waals surface area contributed by atoms with Gasteiger partial charge in [0, 0.05) is 58.2 Å². The maximum atomic E-state index is 12.7. The van der Waals surface area contributed by atoms with Gasteiger partial charge in [-0.05, 0) is 24.1 Å². The zero-order chi connectivity index (χ0) is 20.0. The predicted octanol–water partition coefficient (Wildman–Crippen LogP) is 2.96. The van der Waals surface area contributed by atoms with Gasteiger partial charge in [-0.3, -0.25) is 9.89 Å². The Labute approximate surface area is 185 Å². The molecule has 0 amide bonds. The highest BCUT2D eigenvalue weighted by molar-refractivity contribution is 14.0. The number of nitrogens with zero attached hydrogens (tertiary/aromatic N) is 4. The van der Waals surface area contributed by atoms with Gasteiger partial charge in [0.1, 0.15) is 0 Å². The summed E-state index contributed by atoms with van der Waals surface area (Å²) >= 11 is 0. The van der Waals surface area contributed by atoms with Crippen LogP contribution in [0.5, 0.6) is 0 Å². The predicted molar refractivity (Wildman–Crippen MR) is 117 cm³/mol. The maximum Gasteiger partial charge on any atom is 0.416 e. The summed E-state index contributed by atoms with van der Waals surface area (Å²) in [6.07, 6.45) is 2.10. The molecule has 2 N–H and O–H groups in total. The fraction of sp³-hybridized carbons (Fsp3) is 0.474. The van der Waals surface area contributed by atoms with Crippen molar-refractivity contribution in [3.05, 3.63) is 54.1 Å². The molecule has 0 spiro atoms. The van der Waals surface area contributed by atoms with Crippen molar-refractivity contribution in [2.24, 2.45) is 4.99 Å². The molecular formula is C19H26F3IN6. The summed E-state index contributed by atoms with van der Waals surface area (Å²) in [5, 5.41) is 6.70. The molecule has 29 heavy (non-hydrogen) atoms. The molecule has 6 nitrogen and oxygen atoms in total. The lowest BCUT2D eigenvalue weighted by atomic mass is 10.1. The number of imidazole rings is 1. The van der Waals surface area contributed by atoms with Gasteiger partial charge in [0.05, 0.1) is 11.9 Å². The molecular weight excluding hydrogens is 496 g/mol. The van der Waals surface area contributed by atoms with Gasteiger partial charge in [0.2, 0.25) is 0 Å². The first-order valence-corrected chi connectivity index (χ1v) is 9.25. The second-order valence-electron chi connectivity index (χ2n) is 6.86. The van der Waals surface area contributed by atoms with Crippen LogP contribution >= 0.6 is 24.0 Å². The van der Waals surface area contributed by atoms with Crippen LogP contribution < -0.4 is 10.6 Å². The summed E-state index contributed by atoms with van der Waals surface area (Å²) in [6.45, 7) is 3.89. The van der Waals surface area contributed by atoms with E-state index in [9.17, 15) is 13.2 Å². The van der Waals surface area contributed by atoms with Crippen molar-refractivity contribution >= 4 is 29.9 Å². The van der Waals surface area contributed by atoms with Crippen molar-refractivity contribution in [3.63, 3.8) is 0 Å². The number of nitrogens with one attached hydrogen (secondary N) is 2. The molecule has 0 bridgehead atoms. The minimum absolute atomic E-state index is 0. The number of guanidine groups is 1. The van der Waals surface area contributed by atoms with Crippen molar-refractivity contribution in [3.8, 4) is 0 Å². The van der Waals surface area contributed by atoms with Crippen molar-refractivity contribution in [2.75, 3.05) is 26.7 Å². The summed E-state index contributed by atoms with van der Waals surface area (Å²) in [5.74, 6) is 0.751. The third-order valence-electron chi connectivity index (χ3n) is 4.75. The van der Waals surface area contributed by atoms with Crippen LogP contribution in [0.2, 0.25) is 0 Å². The number of alkyl halides is 3. The quantitative estimate of drug-likeness (QED) is 0.348. The lowest BCUT2D eigenvalue weighted by Gasteiger charge is -2.19. The molecule has 1 aromatic carbocycles. The van der Waals surface area contributed by atoms with Crippen LogP contribution in [0.4, 0.5) is 13.2 Å². The number of aliphatic imine (C=N–C) groups is 1. The van der Waals surface area contributed by atoms with Gasteiger partial charge >= 0.3 is 6.18 Å². The molecule has 0 radical (unpaired) electrons. The molecule has 1 aromatic heterocycles. The summed E-state index contributed by atoms with van der Waals surface area (Å²) < 4.78 is 40.0. The van der Waals surface area contributed by atoms with E-state index in [-0.39, 0.29) is 30.0 Å². The Morgan fingerprint density at radius 2 is 2.03 bits per heavy atom. The second kappa shape index (κ2) is 10.8. The zero-order valence-electron chi connectivity index (χ0n) is 16.2. The molecule has 1 saturated heterocycles. The Balaban J connectivity index is 0.00000300. The minimum Gasteiger partial charge on any atom is -0.355 e. The van der Waals surface area contributed by atoms with Crippen molar-refractivity contribution in [2.45, 2.75) is 31.7 Å². The smallest absolute Gasteiger partial charge is 0.355 e. The molecule has 1 atom stereocenters. The molecule has 1 unspecified atom stereocenters. The van der Waals surface area contributed by atoms with Gasteiger partial charge < -0.3 is 15.2 Å². The van der Waals surface area contributed by atoms with Gasteiger partial charge in [-0.25, -0.2) is 4.98 Å². The van der Waals surface area contributed by atoms with E-state index in [1.54, 1.807) is 31.7 Å². The molecule has 2 aromatic rings.